The number of benzene rings is 1. The molecule has 2 N–H and O–H groups in total. The van der Waals surface area contributed by atoms with Crippen molar-refractivity contribution in [3.8, 4) is 5.75 Å². The van der Waals surface area contributed by atoms with Gasteiger partial charge in [-0.25, -0.2) is 9.18 Å². The van der Waals surface area contributed by atoms with Crippen LogP contribution in [-0.2, 0) is 4.74 Å². The maximum absolute atomic E-state index is 13.5. The highest BCUT2D eigenvalue weighted by Crippen LogP contribution is 2.34. The molecule has 1 aromatic rings. The standard InChI is InChI=1S/C17H23FN2O3/c1-2-11(10-22-15-6-4-3-5-13(15)18)19-17(21)20-14-9-12-7-8-16(14)23-12/h3-6,11-12,14,16H,2,7-10H2,1H3,(H2,19,20,21)/t11-,12-,14-,16-/m1/s1. The monoisotopic (exact) mass is 322 g/mol. The minimum Gasteiger partial charge on any atom is -0.488 e. The van der Waals surface area contributed by atoms with Gasteiger partial charge in [-0.3, -0.25) is 0 Å². The first-order valence-corrected chi connectivity index (χ1v) is 8.25. The van der Waals surface area contributed by atoms with Crippen LogP contribution < -0.4 is 15.4 Å². The van der Waals surface area contributed by atoms with Crippen LogP contribution in [0, 0.1) is 5.82 Å². The lowest BCUT2D eigenvalue weighted by atomic mass is 9.96. The van der Waals surface area contributed by atoms with E-state index >= 15 is 0 Å². The number of amides is 2. The highest BCUT2D eigenvalue weighted by molar-refractivity contribution is 5.74. The van der Waals surface area contributed by atoms with Crippen molar-refractivity contribution in [2.45, 2.75) is 56.9 Å². The average Bonchev–Trinajstić information content (AvgIpc) is 3.15. The molecule has 0 radical (unpaired) electrons. The van der Waals surface area contributed by atoms with Gasteiger partial charge in [0.15, 0.2) is 11.6 Å². The van der Waals surface area contributed by atoms with Crippen LogP contribution in [0.4, 0.5) is 9.18 Å². The van der Waals surface area contributed by atoms with E-state index in [2.05, 4.69) is 10.6 Å². The summed E-state index contributed by atoms with van der Waals surface area (Å²) in [6.07, 6.45) is 4.16. The summed E-state index contributed by atoms with van der Waals surface area (Å²) in [6, 6.07) is 5.97. The average molecular weight is 322 g/mol. The molecule has 2 aliphatic heterocycles. The van der Waals surface area contributed by atoms with Gasteiger partial charge in [0.1, 0.15) is 6.61 Å². The normalized spacial score (nSPS) is 26.8. The highest BCUT2D eigenvalue weighted by Gasteiger charge is 2.41. The number of halogens is 1. The second-order valence-corrected chi connectivity index (χ2v) is 6.18. The molecule has 0 saturated carbocycles. The van der Waals surface area contributed by atoms with E-state index in [0.717, 1.165) is 19.3 Å². The molecule has 2 aliphatic rings. The van der Waals surface area contributed by atoms with Gasteiger partial charge in [0.25, 0.3) is 0 Å². The first-order chi connectivity index (χ1) is 11.2. The highest BCUT2D eigenvalue weighted by atomic mass is 19.1. The number of hydrogen-bond acceptors (Lipinski definition) is 3. The van der Waals surface area contributed by atoms with E-state index in [1.165, 1.54) is 6.07 Å². The lowest BCUT2D eigenvalue weighted by molar-refractivity contribution is 0.0979. The van der Waals surface area contributed by atoms with Crippen LogP contribution in [0.2, 0.25) is 0 Å². The van der Waals surface area contributed by atoms with Crippen LogP contribution in [0.15, 0.2) is 24.3 Å². The van der Waals surface area contributed by atoms with Crippen molar-refractivity contribution in [1.29, 1.82) is 0 Å². The lowest BCUT2D eigenvalue weighted by Crippen LogP contribution is -2.50. The SMILES string of the molecule is CC[C@H](COc1ccccc1F)NC(=O)N[C@@H]1C[C@H]2CC[C@H]1O2. The van der Waals surface area contributed by atoms with E-state index < -0.39 is 5.82 Å². The first kappa shape index (κ1) is 16.1. The zero-order chi connectivity index (χ0) is 16.2. The molecule has 2 fully saturated rings. The van der Waals surface area contributed by atoms with Crippen LogP contribution in [-0.4, -0.2) is 36.9 Å². The van der Waals surface area contributed by atoms with Crippen molar-refractivity contribution in [3.63, 3.8) is 0 Å². The van der Waals surface area contributed by atoms with Gasteiger partial charge in [-0.2, -0.15) is 0 Å². The second-order valence-electron chi connectivity index (χ2n) is 6.18. The molecule has 2 bridgehead atoms. The van der Waals surface area contributed by atoms with Crippen molar-refractivity contribution in [2.24, 2.45) is 0 Å². The molecule has 6 heteroatoms. The Hall–Kier alpha value is -1.82. The number of urea groups is 1. The molecule has 3 rings (SSSR count). The lowest BCUT2D eigenvalue weighted by Gasteiger charge is -2.23. The second kappa shape index (κ2) is 7.17. The Balaban J connectivity index is 1.45. The van der Waals surface area contributed by atoms with Crippen molar-refractivity contribution in [3.05, 3.63) is 30.1 Å². The van der Waals surface area contributed by atoms with E-state index in [1.807, 2.05) is 6.92 Å². The quantitative estimate of drug-likeness (QED) is 0.846. The van der Waals surface area contributed by atoms with Gasteiger partial charge < -0.3 is 20.1 Å². The summed E-state index contributed by atoms with van der Waals surface area (Å²) >= 11 is 0. The fourth-order valence-electron chi connectivity index (χ4n) is 3.20. The Morgan fingerprint density at radius 1 is 1.43 bits per heavy atom. The molecule has 4 atom stereocenters. The number of fused-ring (bicyclic) bond motifs is 2. The molecule has 23 heavy (non-hydrogen) atoms. The molecule has 126 valence electrons. The van der Waals surface area contributed by atoms with Crippen LogP contribution in [0.25, 0.3) is 0 Å². The molecule has 0 aromatic heterocycles. The Kier molecular flexibility index (Phi) is 5.00. The van der Waals surface area contributed by atoms with E-state index in [-0.39, 0.29) is 36.6 Å². The van der Waals surface area contributed by atoms with Crippen LogP contribution in [0.5, 0.6) is 5.75 Å². The van der Waals surface area contributed by atoms with Gasteiger partial charge >= 0.3 is 6.03 Å². The fraction of sp³-hybridized carbons (Fsp3) is 0.588. The van der Waals surface area contributed by atoms with Crippen molar-refractivity contribution in [1.82, 2.24) is 10.6 Å². The summed E-state index contributed by atoms with van der Waals surface area (Å²) in [5.74, 6) is -0.194. The molecule has 5 nitrogen and oxygen atoms in total. The zero-order valence-corrected chi connectivity index (χ0v) is 13.3. The summed E-state index contributed by atoms with van der Waals surface area (Å²) in [6.45, 7) is 2.19. The first-order valence-electron chi connectivity index (χ1n) is 8.25. The smallest absolute Gasteiger partial charge is 0.315 e. The number of carbonyl (C=O) groups excluding carboxylic acids is 1. The van der Waals surface area contributed by atoms with Gasteiger partial charge in [0.05, 0.1) is 24.3 Å². The Bertz CT molecular complexity index is 554. The molecular weight excluding hydrogens is 299 g/mol. The van der Waals surface area contributed by atoms with Gasteiger partial charge in [0, 0.05) is 0 Å². The molecular formula is C17H23FN2O3. The molecule has 2 heterocycles. The summed E-state index contributed by atoms with van der Waals surface area (Å²) in [5, 5.41) is 5.87. The third-order valence-corrected chi connectivity index (χ3v) is 4.53. The summed E-state index contributed by atoms with van der Waals surface area (Å²) < 4.78 is 24.7. The van der Waals surface area contributed by atoms with Gasteiger partial charge in [-0.15, -0.1) is 0 Å². The Morgan fingerprint density at radius 3 is 2.91 bits per heavy atom. The third-order valence-electron chi connectivity index (χ3n) is 4.53. The van der Waals surface area contributed by atoms with Gasteiger partial charge in [-0.1, -0.05) is 19.1 Å². The topological polar surface area (TPSA) is 59.6 Å². The molecule has 0 aliphatic carbocycles. The number of para-hydroxylation sites is 1. The maximum Gasteiger partial charge on any atom is 0.315 e. The minimum absolute atomic E-state index is 0.0961. The Labute approximate surface area is 135 Å². The minimum atomic E-state index is -0.397. The van der Waals surface area contributed by atoms with Gasteiger partial charge in [0.2, 0.25) is 0 Å². The molecule has 1 aromatic carbocycles. The number of ether oxygens (including phenoxy) is 2. The summed E-state index contributed by atoms with van der Waals surface area (Å²) in [4.78, 5) is 12.1. The maximum atomic E-state index is 13.5. The molecule has 0 unspecified atom stereocenters. The number of hydrogen-bond donors (Lipinski definition) is 2. The predicted molar refractivity (Wildman–Crippen MR) is 83.9 cm³/mol. The van der Waals surface area contributed by atoms with Crippen LogP contribution in [0.3, 0.4) is 0 Å². The van der Waals surface area contributed by atoms with Crippen molar-refractivity contribution < 1.29 is 18.7 Å². The molecule has 2 amide bonds. The number of carbonyl (C=O) groups is 1. The number of nitrogens with one attached hydrogen (secondary N) is 2. The third kappa shape index (κ3) is 3.93. The van der Waals surface area contributed by atoms with E-state index in [0.29, 0.717) is 12.5 Å². The van der Waals surface area contributed by atoms with E-state index in [1.54, 1.807) is 18.2 Å². The van der Waals surface area contributed by atoms with Gasteiger partial charge in [-0.05, 0) is 37.8 Å². The number of rotatable bonds is 6. The Morgan fingerprint density at radius 2 is 2.26 bits per heavy atom. The van der Waals surface area contributed by atoms with Crippen molar-refractivity contribution in [2.75, 3.05) is 6.61 Å². The summed E-state index contributed by atoms with van der Waals surface area (Å²) in [5.41, 5.74) is 0. The predicted octanol–water partition coefficient (Wildman–Crippen LogP) is 2.60. The zero-order valence-electron chi connectivity index (χ0n) is 13.3. The van der Waals surface area contributed by atoms with Crippen LogP contribution in [0.1, 0.15) is 32.6 Å². The van der Waals surface area contributed by atoms with Crippen LogP contribution >= 0.6 is 0 Å². The van der Waals surface area contributed by atoms with Crippen molar-refractivity contribution >= 4 is 6.03 Å². The van der Waals surface area contributed by atoms with E-state index in [4.69, 9.17) is 9.47 Å². The summed E-state index contributed by atoms with van der Waals surface area (Å²) in [7, 11) is 0. The molecule has 2 saturated heterocycles. The fourth-order valence-corrected chi connectivity index (χ4v) is 3.20. The largest absolute Gasteiger partial charge is 0.488 e. The van der Waals surface area contributed by atoms with E-state index in [9.17, 15) is 9.18 Å². The molecule has 0 spiro atoms.